The van der Waals surface area contributed by atoms with Gasteiger partial charge in [-0.1, -0.05) is 85.3 Å². The fourth-order valence-corrected chi connectivity index (χ4v) is 5.54. The molecule has 2 nitrogen and oxygen atoms in total. The van der Waals surface area contributed by atoms with Gasteiger partial charge in [0.2, 0.25) is 0 Å². The summed E-state index contributed by atoms with van der Waals surface area (Å²) in [7, 11) is 0. The van der Waals surface area contributed by atoms with Crippen LogP contribution in [-0.2, 0) is 0 Å². The molecular weight excluding hydrogens is 472 g/mol. The molecule has 0 saturated heterocycles. The van der Waals surface area contributed by atoms with Gasteiger partial charge in [0, 0.05) is 10.0 Å². The number of phenols is 1. The number of aryl methyl sites for hydroxylation is 1. The van der Waals surface area contributed by atoms with Gasteiger partial charge in [-0.05, 0) is 93.2 Å². The Hall–Kier alpha value is -1.32. The fourth-order valence-electron chi connectivity index (χ4n) is 4.89. The van der Waals surface area contributed by atoms with Crippen molar-refractivity contribution in [3.8, 4) is 5.75 Å². The summed E-state index contributed by atoms with van der Waals surface area (Å²) in [6.07, 6.45) is 15.7. The smallest absolute Gasteiger partial charge is 0.123 e. The molecule has 1 unspecified atom stereocenters. The lowest BCUT2D eigenvalue weighted by atomic mass is 9.77. The van der Waals surface area contributed by atoms with Crippen LogP contribution in [0.4, 0.5) is 0 Å². The van der Waals surface area contributed by atoms with Crippen molar-refractivity contribution in [1.82, 2.24) is 0 Å². The van der Waals surface area contributed by atoms with E-state index in [9.17, 15) is 10.2 Å². The molecule has 2 aliphatic rings. The summed E-state index contributed by atoms with van der Waals surface area (Å²) < 4.78 is 0. The van der Waals surface area contributed by atoms with E-state index < -0.39 is 6.10 Å². The van der Waals surface area contributed by atoms with Crippen LogP contribution in [0.3, 0.4) is 0 Å². The van der Waals surface area contributed by atoms with Gasteiger partial charge in [0.1, 0.15) is 5.75 Å². The Morgan fingerprint density at radius 3 is 2.09 bits per heavy atom. The summed E-state index contributed by atoms with van der Waals surface area (Å²) in [6, 6.07) is 3.85. The second-order valence-corrected chi connectivity index (χ2v) is 11.8. The van der Waals surface area contributed by atoms with E-state index in [1.807, 2.05) is 13.8 Å². The third kappa shape index (κ3) is 9.09. The SMILES string of the molecule is BrC1CCCCC1.C=c1c(C)c/c(=C(C=C(C)C)/C=C(\C(C)O)C2CCC(C)CC2)cc1O. The number of aromatic hydroxyl groups is 1. The molecule has 0 aliphatic heterocycles. The van der Waals surface area contributed by atoms with Gasteiger partial charge in [-0.3, -0.25) is 0 Å². The zero-order chi connectivity index (χ0) is 24.5. The summed E-state index contributed by atoms with van der Waals surface area (Å²) >= 11 is 3.59. The molecule has 1 aromatic rings. The number of hydrogen-bond donors (Lipinski definition) is 2. The highest BCUT2D eigenvalue weighted by atomic mass is 79.9. The molecule has 0 radical (unpaired) electrons. The van der Waals surface area contributed by atoms with Crippen molar-refractivity contribution >= 4 is 28.1 Å². The summed E-state index contributed by atoms with van der Waals surface area (Å²) in [5.74, 6) is 1.44. The van der Waals surface area contributed by atoms with Gasteiger partial charge < -0.3 is 10.2 Å². The first-order valence-corrected chi connectivity index (χ1v) is 13.7. The molecule has 2 saturated carbocycles. The Morgan fingerprint density at radius 2 is 1.64 bits per heavy atom. The third-order valence-corrected chi connectivity index (χ3v) is 7.97. The van der Waals surface area contributed by atoms with E-state index >= 15 is 0 Å². The molecule has 0 bridgehead atoms. The lowest BCUT2D eigenvalue weighted by Gasteiger charge is -2.30. The lowest BCUT2D eigenvalue weighted by molar-refractivity contribution is 0.199. The normalized spacial score (nSPS) is 23.8. The van der Waals surface area contributed by atoms with Crippen molar-refractivity contribution < 1.29 is 10.2 Å². The summed E-state index contributed by atoms with van der Waals surface area (Å²) in [6.45, 7) is 14.2. The van der Waals surface area contributed by atoms with E-state index in [0.29, 0.717) is 11.1 Å². The molecule has 1 aromatic carbocycles. The van der Waals surface area contributed by atoms with Gasteiger partial charge in [-0.15, -0.1) is 0 Å². The van der Waals surface area contributed by atoms with Gasteiger partial charge in [0.25, 0.3) is 0 Å². The van der Waals surface area contributed by atoms with E-state index in [-0.39, 0.29) is 5.75 Å². The van der Waals surface area contributed by atoms with E-state index in [0.717, 1.165) is 45.5 Å². The minimum absolute atomic E-state index is 0.221. The summed E-state index contributed by atoms with van der Waals surface area (Å²) in [4.78, 5) is 0.848. The number of hydrogen-bond acceptors (Lipinski definition) is 2. The molecule has 0 heterocycles. The standard InChI is InChI=1S/C24H34O2.C6H11Br/c1-15(2)11-21(22-12-17(4)18(5)24(26)14-22)13-23(19(6)25)20-9-7-16(3)8-10-20;7-6-4-2-1-3-5-6/h11-14,16,19-20,25-26H,5,7-10H2,1-4,6H3;6H,1-5H2/b22-21-,23-13+;. The average molecular weight is 518 g/mol. The Balaban J connectivity index is 0.000000468. The number of alkyl halides is 1. The van der Waals surface area contributed by atoms with Crippen molar-refractivity contribution in [2.75, 3.05) is 0 Å². The molecule has 2 aliphatic carbocycles. The van der Waals surface area contributed by atoms with E-state index in [1.165, 1.54) is 50.5 Å². The van der Waals surface area contributed by atoms with Crippen LogP contribution >= 0.6 is 15.9 Å². The van der Waals surface area contributed by atoms with Crippen molar-refractivity contribution in [2.24, 2.45) is 11.8 Å². The predicted molar refractivity (Wildman–Crippen MR) is 147 cm³/mol. The maximum Gasteiger partial charge on any atom is 0.123 e. The molecule has 0 spiro atoms. The Bertz CT molecular complexity index is 894. The molecule has 184 valence electrons. The summed E-state index contributed by atoms with van der Waals surface area (Å²) in [5, 5.41) is 22.3. The number of phenolic OH excluding ortho intramolecular Hbond substituents is 1. The van der Waals surface area contributed by atoms with Crippen LogP contribution in [0.5, 0.6) is 5.75 Å². The molecular formula is C30H45BrO2. The minimum atomic E-state index is -0.462. The highest BCUT2D eigenvalue weighted by molar-refractivity contribution is 9.09. The maximum atomic E-state index is 10.5. The van der Waals surface area contributed by atoms with Crippen molar-refractivity contribution in [3.05, 3.63) is 51.4 Å². The molecule has 2 N–H and O–H groups in total. The van der Waals surface area contributed by atoms with E-state index in [2.05, 4.69) is 61.5 Å². The number of allylic oxidation sites excluding steroid dienone is 3. The summed E-state index contributed by atoms with van der Waals surface area (Å²) in [5.41, 5.74) is 4.31. The van der Waals surface area contributed by atoms with Crippen LogP contribution < -0.4 is 10.4 Å². The van der Waals surface area contributed by atoms with E-state index in [1.54, 1.807) is 6.07 Å². The van der Waals surface area contributed by atoms with Gasteiger partial charge in [-0.2, -0.15) is 0 Å². The highest BCUT2D eigenvalue weighted by Gasteiger charge is 2.24. The number of rotatable bonds is 4. The first-order valence-electron chi connectivity index (χ1n) is 12.8. The second-order valence-electron chi connectivity index (χ2n) is 10.5. The Morgan fingerprint density at radius 1 is 1.03 bits per heavy atom. The average Bonchev–Trinajstić information content (AvgIpc) is 2.76. The lowest BCUT2D eigenvalue weighted by Crippen LogP contribution is -2.21. The predicted octanol–water partition coefficient (Wildman–Crippen LogP) is 7.08. The zero-order valence-electron chi connectivity index (χ0n) is 21.5. The molecule has 0 aromatic heterocycles. The molecule has 3 heteroatoms. The van der Waals surface area contributed by atoms with Crippen molar-refractivity contribution in [1.29, 1.82) is 0 Å². The zero-order valence-corrected chi connectivity index (χ0v) is 23.0. The number of aliphatic hydroxyl groups is 1. The quantitative estimate of drug-likeness (QED) is 0.419. The fraction of sp³-hybridized carbons (Fsp3) is 0.600. The van der Waals surface area contributed by atoms with Gasteiger partial charge in [0.05, 0.1) is 6.10 Å². The van der Waals surface area contributed by atoms with Crippen LogP contribution in [0.15, 0.2) is 35.4 Å². The Labute approximate surface area is 210 Å². The third-order valence-electron chi connectivity index (χ3n) is 7.05. The monoisotopic (exact) mass is 516 g/mol. The maximum absolute atomic E-state index is 10.5. The molecule has 33 heavy (non-hydrogen) atoms. The minimum Gasteiger partial charge on any atom is -0.507 e. The molecule has 1 atom stereocenters. The van der Waals surface area contributed by atoms with Crippen LogP contribution in [0.25, 0.3) is 12.2 Å². The Kier molecular flexibility index (Phi) is 11.5. The topological polar surface area (TPSA) is 40.5 Å². The van der Waals surface area contributed by atoms with Gasteiger partial charge in [-0.25, -0.2) is 0 Å². The number of halogens is 1. The number of aliphatic hydroxyl groups excluding tert-OH is 1. The molecule has 0 amide bonds. The van der Waals surface area contributed by atoms with Crippen molar-refractivity contribution in [2.45, 2.75) is 103 Å². The van der Waals surface area contributed by atoms with Gasteiger partial charge >= 0.3 is 0 Å². The first kappa shape index (κ1) is 27.9. The van der Waals surface area contributed by atoms with Crippen LogP contribution in [0, 0.1) is 18.8 Å². The molecule has 3 rings (SSSR count). The number of benzene rings is 1. The van der Waals surface area contributed by atoms with Crippen LogP contribution in [-0.4, -0.2) is 21.1 Å². The largest absolute Gasteiger partial charge is 0.507 e. The second kappa shape index (κ2) is 13.5. The van der Waals surface area contributed by atoms with Crippen LogP contribution in [0.1, 0.15) is 91.0 Å². The first-order chi connectivity index (χ1) is 15.6. The van der Waals surface area contributed by atoms with Crippen molar-refractivity contribution in [3.63, 3.8) is 0 Å². The molecule has 2 fully saturated rings. The highest BCUT2D eigenvalue weighted by Crippen LogP contribution is 2.35. The van der Waals surface area contributed by atoms with Gasteiger partial charge in [0.15, 0.2) is 0 Å². The van der Waals surface area contributed by atoms with Crippen LogP contribution in [0.2, 0.25) is 0 Å². The van der Waals surface area contributed by atoms with E-state index in [4.69, 9.17) is 0 Å².